The number of hydrogen-bond acceptors (Lipinski definition) is 3. The number of rotatable bonds is 7. The highest BCUT2D eigenvalue weighted by molar-refractivity contribution is 4.78. The van der Waals surface area contributed by atoms with Crippen LogP contribution in [0.15, 0.2) is 0 Å². The molecule has 1 unspecified atom stereocenters. The van der Waals surface area contributed by atoms with Crippen LogP contribution < -0.4 is 5.32 Å². The molecule has 2 aliphatic rings. The van der Waals surface area contributed by atoms with Gasteiger partial charge >= 0.3 is 0 Å². The van der Waals surface area contributed by atoms with Crippen LogP contribution in [0.2, 0.25) is 0 Å². The average Bonchev–Trinajstić information content (AvgIpc) is 2.86. The van der Waals surface area contributed by atoms with Crippen molar-refractivity contribution in [3.63, 3.8) is 0 Å². The molecule has 19 heavy (non-hydrogen) atoms. The molecule has 0 spiro atoms. The van der Waals surface area contributed by atoms with E-state index >= 15 is 0 Å². The molecule has 0 aromatic rings. The predicted octanol–water partition coefficient (Wildman–Crippen LogP) is 2.04. The number of hydrogen-bond donors (Lipinski definition) is 1. The Morgan fingerprint density at radius 3 is 2.53 bits per heavy atom. The van der Waals surface area contributed by atoms with Gasteiger partial charge in [0.05, 0.1) is 0 Å². The molecule has 2 rings (SSSR count). The van der Waals surface area contributed by atoms with E-state index < -0.39 is 0 Å². The summed E-state index contributed by atoms with van der Waals surface area (Å²) in [5, 5.41) is 3.58. The van der Waals surface area contributed by atoms with Crippen LogP contribution >= 0.6 is 0 Å². The van der Waals surface area contributed by atoms with Crippen molar-refractivity contribution in [3.8, 4) is 0 Å². The minimum atomic E-state index is 0.907. The third-order valence-corrected chi connectivity index (χ3v) is 4.92. The third-order valence-electron chi connectivity index (χ3n) is 4.92. The van der Waals surface area contributed by atoms with Gasteiger partial charge in [-0.2, -0.15) is 0 Å². The standard InChI is InChI=1S/C16H33N3/c1-3-8-17-13-16-7-12-19(14-16)11-6-15-4-9-18(2)10-5-15/h15-17H,3-14H2,1-2H3. The molecule has 1 atom stereocenters. The van der Waals surface area contributed by atoms with Gasteiger partial charge in [-0.15, -0.1) is 0 Å². The molecular formula is C16H33N3. The zero-order chi connectivity index (χ0) is 13.5. The average molecular weight is 267 g/mol. The van der Waals surface area contributed by atoms with Crippen LogP contribution in [0.25, 0.3) is 0 Å². The van der Waals surface area contributed by atoms with Crippen LogP contribution in [-0.2, 0) is 0 Å². The van der Waals surface area contributed by atoms with E-state index in [1.165, 1.54) is 77.9 Å². The first-order chi connectivity index (χ1) is 9.28. The van der Waals surface area contributed by atoms with Gasteiger partial charge in [-0.1, -0.05) is 6.92 Å². The van der Waals surface area contributed by atoms with Crippen LogP contribution in [0.4, 0.5) is 0 Å². The zero-order valence-electron chi connectivity index (χ0n) is 13.0. The van der Waals surface area contributed by atoms with Crippen LogP contribution in [0.5, 0.6) is 0 Å². The summed E-state index contributed by atoms with van der Waals surface area (Å²) in [5.41, 5.74) is 0. The van der Waals surface area contributed by atoms with Crippen molar-refractivity contribution < 1.29 is 0 Å². The molecule has 3 heteroatoms. The van der Waals surface area contributed by atoms with Crippen molar-refractivity contribution in [1.29, 1.82) is 0 Å². The Morgan fingerprint density at radius 2 is 1.79 bits per heavy atom. The lowest BCUT2D eigenvalue weighted by Crippen LogP contribution is -2.32. The summed E-state index contributed by atoms with van der Waals surface area (Å²) < 4.78 is 0. The predicted molar refractivity (Wildman–Crippen MR) is 82.5 cm³/mol. The minimum Gasteiger partial charge on any atom is -0.316 e. The molecular weight excluding hydrogens is 234 g/mol. The van der Waals surface area contributed by atoms with Crippen molar-refractivity contribution in [2.75, 3.05) is 52.9 Å². The van der Waals surface area contributed by atoms with Gasteiger partial charge in [0.25, 0.3) is 0 Å². The van der Waals surface area contributed by atoms with Crippen LogP contribution in [0.3, 0.4) is 0 Å². The minimum absolute atomic E-state index is 0.907. The molecule has 112 valence electrons. The van der Waals surface area contributed by atoms with E-state index in [9.17, 15) is 0 Å². The van der Waals surface area contributed by atoms with Gasteiger partial charge in [0.15, 0.2) is 0 Å². The van der Waals surface area contributed by atoms with E-state index in [0.717, 1.165) is 11.8 Å². The van der Waals surface area contributed by atoms with E-state index in [1.54, 1.807) is 0 Å². The summed E-state index contributed by atoms with van der Waals surface area (Å²) in [6, 6.07) is 0. The van der Waals surface area contributed by atoms with Crippen LogP contribution in [-0.4, -0.2) is 62.7 Å². The lowest BCUT2D eigenvalue weighted by atomic mass is 9.94. The second-order valence-electron chi connectivity index (χ2n) is 6.69. The van der Waals surface area contributed by atoms with Crippen LogP contribution in [0, 0.1) is 11.8 Å². The van der Waals surface area contributed by atoms with E-state index in [4.69, 9.17) is 0 Å². The van der Waals surface area contributed by atoms with Gasteiger partial charge in [-0.05, 0) is 90.3 Å². The van der Waals surface area contributed by atoms with Gasteiger partial charge < -0.3 is 15.1 Å². The van der Waals surface area contributed by atoms with Gasteiger partial charge in [0, 0.05) is 6.54 Å². The quantitative estimate of drug-likeness (QED) is 0.712. The normalized spacial score (nSPS) is 27.2. The highest BCUT2D eigenvalue weighted by atomic mass is 15.1. The Hall–Kier alpha value is -0.120. The van der Waals surface area contributed by atoms with Crippen molar-refractivity contribution in [2.45, 2.75) is 39.0 Å². The number of likely N-dealkylation sites (tertiary alicyclic amines) is 2. The molecule has 2 aliphatic heterocycles. The molecule has 3 nitrogen and oxygen atoms in total. The Labute approximate surface area is 119 Å². The van der Waals surface area contributed by atoms with E-state index in [0.29, 0.717) is 0 Å². The SMILES string of the molecule is CCCNCC1CCN(CCC2CCN(C)CC2)C1. The fourth-order valence-corrected chi connectivity index (χ4v) is 3.48. The second kappa shape index (κ2) is 8.23. The van der Waals surface area contributed by atoms with Gasteiger partial charge in [-0.25, -0.2) is 0 Å². The Balaban J connectivity index is 1.55. The first-order valence-electron chi connectivity index (χ1n) is 8.39. The van der Waals surface area contributed by atoms with Crippen LogP contribution in [0.1, 0.15) is 39.0 Å². The number of nitrogens with one attached hydrogen (secondary N) is 1. The maximum Gasteiger partial charge on any atom is 0.00223 e. The lowest BCUT2D eigenvalue weighted by molar-refractivity contribution is 0.194. The number of nitrogens with zero attached hydrogens (tertiary/aromatic N) is 2. The molecule has 0 aromatic carbocycles. The van der Waals surface area contributed by atoms with Crippen molar-refractivity contribution in [2.24, 2.45) is 11.8 Å². The fraction of sp³-hybridized carbons (Fsp3) is 1.00. The highest BCUT2D eigenvalue weighted by Crippen LogP contribution is 2.22. The van der Waals surface area contributed by atoms with Gasteiger partial charge in [0.1, 0.15) is 0 Å². The molecule has 2 saturated heterocycles. The lowest BCUT2D eigenvalue weighted by Gasteiger charge is -2.30. The largest absolute Gasteiger partial charge is 0.316 e. The maximum absolute atomic E-state index is 3.58. The van der Waals surface area contributed by atoms with E-state index in [2.05, 4.69) is 29.1 Å². The first kappa shape index (κ1) is 15.3. The zero-order valence-corrected chi connectivity index (χ0v) is 13.0. The monoisotopic (exact) mass is 267 g/mol. The smallest absolute Gasteiger partial charge is 0.00223 e. The molecule has 0 aromatic heterocycles. The molecule has 0 amide bonds. The first-order valence-corrected chi connectivity index (χ1v) is 8.39. The topological polar surface area (TPSA) is 18.5 Å². The van der Waals surface area contributed by atoms with E-state index in [-0.39, 0.29) is 0 Å². The molecule has 0 bridgehead atoms. The molecule has 2 fully saturated rings. The van der Waals surface area contributed by atoms with Crippen molar-refractivity contribution in [3.05, 3.63) is 0 Å². The Bertz CT molecular complexity index is 236. The van der Waals surface area contributed by atoms with Gasteiger partial charge in [-0.3, -0.25) is 0 Å². The highest BCUT2D eigenvalue weighted by Gasteiger charge is 2.23. The summed E-state index contributed by atoms with van der Waals surface area (Å²) >= 11 is 0. The summed E-state index contributed by atoms with van der Waals surface area (Å²) in [5.74, 6) is 1.90. The molecule has 0 saturated carbocycles. The molecule has 0 aliphatic carbocycles. The maximum atomic E-state index is 3.58. The summed E-state index contributed by atoms with van der Waals surface area (Å²) in [4.78, 5) is 5.18. The van der Waals surface area contributed by atoms with Crippen molar-refractivity contribution in [1.82, 2.24) is 15.1 Å². The molecule has 2 heterocycles. The van der Waals surface area contributed by atoms with Gasteiger partial charge in [0.2, 0.25) is 0 Å². The second-order valence-corrected chi connectivity index (χ2v) is 6.69. The summed E-state index contributed by atoms with van der Waals surface area (Å²) in [7, 11) is 2.25. The third kappa shape index (κ3) is 5.41. The van der Waals surface area contributed by atoms with Crippen molar-refractivity contribution >= 4 is 0 Å². The summed E-state index contributed by atoms with van der Waals surface area (Å²) in [6.07, 6.45) is 6.94. The Morgan fingerprint density at radius 1 is 1.05 bits per heavy atom. The molecule has 0 radical (unpaired) electrons. The fourth-order valence-electron chi connectivity index (χ4n) is 3.48. The molecule has 1 N–H and O–H groups in total. The Kier molecular flexibility index (Phi) is 6.62. The van der Waals surface area contributed by atoms with E-state index in [1.807, 2.05) is 0 Å². The summed E-state index contributed by atoms with van der Waals surface area (Å²) in [6.45, 7) is 11.3. The number of piperidine rings is 1.